The van der Waals surface area contributed by atoms with Crippen molar-refractivity contribution >= 4 is 12.2 Å². The van der Waals surface area contributed by atoms with E-state index in [4.69, 9.17) is 9.47 Å². The SMILES string of the molecule is CC(C)COC(=O)N1CCN(C(=O)OC(C)(C)C)C(C)C1. The van der Waals surface area contributed by atoms with Crippen LogP contribution in [0.4, 0.5) is 9.59 Å². The average molecular weight is 300 g/mol. The lowest BCUT2D eigenvalue weighted by atomic mass is 10.2. The normalized spacial score (nSPS) is 19.7. The molecule has 0 spiro atoms. The fraction of sp³-hybridized carbons (Fsp3) is 0.867. The lowest BCUT2D eigenvalue weighted by Gasteiger charge is -2.39. The molecule has 0 aromatic heterocycles. The number of piperazine rings is 1. The molecule has 1 rings (SSSR count). The van der Waals surface area contributed by atoms with Gasteiger partial charge in [-0.25, -0.2) is 9.59 Å². The minimum absolute atomic E-state index is 0.0831. The van der Waals surface area contributed by atoms with E-state index in [1.165, 1.54) is 0 Å². The zero-order valence-corrected chi connectivity index (χ0v) is 14.0. The molecule has 0 N–H and O–H groups in total. The van der Waals surface area contributed by atoms with Crippen LogP contribution in [0.5, 0.6) is 0 Å². The first kappa shape index (κ1) is 17.6. The Morgan fingerprint density at radius 2 is 1.81 bits per heavy atom. The summed E-state index contributed by atoms with van der Waals surface area (Å²) in [6.07, 6.45) is -0.635. The Bertz CT molecular complexity index is 376. The van der Waals surface area contributed by atoms with Crippen molar-refractivity contribution in [2.24, 2.45) is 5.92 Å². The molecule has 1 aliphatic heterocycles. The van der Waals surface area contributed by atoms with Crippen LogP contribution < -0.4 is 0 Å². The molecule has 6 heteroatoms. The van der Waals surface area contributed by atoms with Gasteiger partial charge < -0.3 is 19.3 Å². The monoisotopic (exact) mass is 300 g/mol. The van der Waals surface area contributed by atoms with E-state index in [1.54, 1.807) is 9.80 Å². The number of carbonyl (C=O) groups is 2. The Morgan fingerprint density at radius 1 is 1.19 bits per heavy atom. The topological polar surface area (TPSA) is 59.1 Å². The van der Waals surface area contributed by atoms with Gasteiger partial charge in [0.25, 0.3) is 0 Å². The van der Waals surface area contributed by atoms with Crippen LogP contribution in [0.15, 0.2) is 0 Å². The van der Waals surface area contributed by atoms with Crippen LogP contribution >= 0.6 is 0 Å². The molecule has 122 valence electrons. The smallest absolute Gasteiger partial charge is 0.410 e. The van der Waals surface area contributed by atoms with E-state index in [-0.39, 0.29) is 18.2 Å². The fourth-order valence-corrected chi connectivity index (χ4v) is 2.04. The van der Waals surface area contributed by atoms with Gasteiger partial charge in [0.15, 0.2) is 0 Å². The van der Waals surface area contributed by atoms with Crippen LogP contribution in [-0.4, -0.2) is 59.9 Å². The average Bonchev–Trinajstić information content (AvgIpc) is 2.33. The predicted octanol–water partition coefficient (Wildman–Crippen LogP) is 2.72. The minimum Gasteiger partial charge on any atom is -0.449 e. The third-order valence-electron chi connectivity index (χ3n) is 3.05. The molecule has 1 unspecified atom stereocenters. The number of hydrogen-bond acceptors (Lipinski definition) is 4. The molecule has 0 saturated carbocycles. The highest BCUT2D eigenvalue weighted by molar-refractivity contribution is 5.71. The summed E-state index contributed by atoms with van der Waals surface area (Å²) in [5.41, 5.74) is -0.510. The molecule has 2 amide bonds. The first-order valence-electron chi connectivity index (χ1n) is 7.51. The number of rotatable bonds is 2. The molecule has 0 radical (unpaired) electrons. The molecule has 1 heterocycles. The molecule has 1 aliphatic rings. The summed E-state index contributed by atoms with van der Waals surface area (Å²) in [7, 11) is 0. The molecular weight excluding hydrogens is 272 g/mol. The third kappa shape index (κ3) is 5.81. The van der Waals surface area contributed by atoms with E-state index in [9.17, 15) is 9.59 Å². The summed E-state index contributed by atoms with van der Waals surface area (Å²) in [5, 5.41) is 0. The summed E-state index contributed by atoms with van der Waals surface area (Å²) in [5.74, 6) is 0.314. The molecule has 6 nitrogen and oxygen atoms in total. The number of amides is 2. The second-order valence-electron chi connectivity index (χ2n) is 6.94. The second kappa shape index (κ2) is 7.00. The van der Waals surface area contributed by atoms with Crippen molar-refractivity contribution in [3.63, 3.8) is 0 Å². The second-order valence-corrected chi connectivity index (χ2v) is 6.94. The van der Waals surface area contributed by atoms with Crippen molar-refractivity contribution in [1.82, 2.24) is 9.80 Å². The maximum Gasteiger partial charge on any atom is 0.410 e. The number of carbonyl (C=O) groups excluding carboxylic acids is 2. The van der Waals surface area contributed by atoms with Crippen molar-refractivity contribution in [2.75, 3.05) is 26.2 Å². The van der Waals surface area contributed by atoms with Gasteiger partial charge in [-0.15, -0.1) is 0 Å². The van der Waals surface area contributed by atoms with E-state index < -0.39 is 5.60 Å². The molecule has 0 aromatic rings. The maximum absolute atomic E-state index is 12.1. The summed E-state index contributed by atoms with van der Waals surface area (Å²) < 4.78 is 10.6. The van der Waals surface area contributed by atoms with Gasteiger partial charge in [-0.1, -0.05) is 13.8 Å². The van der Waals surface area contributed by atoms with Gasteiger partial charge in [0.2, 0.25) is 0 Å². The van der Waals surface area contributed by atoms with Crippen molar-refractivity contribution in [2.45, 2.75) is 53.2 Å². The maximum atomic E-state index is 12.1. The molecule has 0 bridgehead atoms. The van der Waals surface area contributed by atoms with Gasteiger partial charge in [-0.3, -0.25) is 0 Å². The lowest BCUT2D eigenvalue weighted by Crippen LogP contribution is -2.56. The van der Waals surface area contributed by atoms with Crippen molar-refractivity contribution < 1.29 is 19.1 Å². The first-order chi connectivity index (χ1) is 9.60. The zero-order valence-electron chi connectivity index (χ0n) is 14.0. The molecule has 0 aromatic carbocycles. The molecule has 0 aliphatic carbocycles. The lowest BCUT2D eigenvalue weighted by molar-refractivity contribution is -0.000442. The van der Waals surface area contributed by atoms with Crippen molar-refractivity contribution in [3.05, 3.63) is 0 Å². The van der Waals surface area contributed by atoms with E-state index >= 15 is 0 Å². The summed E-state index contributed by atoms with van der Waals surface area (Å²) in [4.78, 5) is 27.3. The zero-order chi connectivity index (χ0) is 16.2. The van der Waals surface area contributed by atoms with Crippen LogP contribution in [0, 0.1) is 5.92 Å². The van der Waals surface area contributed by atoms with Gasteiger partial charge >= 0.3 is 12.2 Å². The highest BCUT2D eigenvalue weighted by atomic mass is 16.6. The van der Waals surface area contributed by atoms with Crippen LogP contribution in [0.3, 0.4) is 0 Å². The first-order valence-corrected chi connectivity index (χ1v) is 7.51. The fourth-order valence-electron chi connectivity index (χ4n) is 2.04. The number of ether oxygens (including phenoxy) is 2. The molecule has 1 saturated heterocycles. The van der Waals surface area contributed by atoms with Gasteiger partial charge in [0, 0.05) is 19.6 Å². The highest BCUT2D eigenvalue weighted by Crippen LogP contribution is 2.16. The highest BCUT2D eigenvalue weighted by Gasteiger charge is 2.33. The van der Waals surface area contributed by atoms with Gasteiger partial charge in [-0.2, -0.15) is 0 Å². The van der Waals surface area contributed by atoms with Gasteiger partial charge in [0.05, 0.1) is 12.6 Å². The minimum atomic E-state index is -0.510. The van der Waals surface area contributed by atoms with E-state index in [2.05, 4.69) is 0 Å². The van der Waals surface area contributed by atoms with Crippen LogP contribution in [0.2, 0.25) is 0 Å². The Morgan fingerprint density at radius 3 is 2.29 bits per heavy atom. The molecular formula is C15H28N2O4. The molecule has 21 heavy (non-hydrogen) atoms. The number of nitrogens with zero attached hydrogens (tertiary/aromatic N) is 2. The Labute approximate surface area is 127 Å². The van der Waals surface area contributed by atoms with Crippen LogP contribution in [-0.2, 0) is 9.47 Å². The quantitative estimate of drug-likeness (QED) is 0.787. The molecule has 1 fully saturated rings. The van der Waals surface area contributed by atoms with Crippen molar-refractivity contribution in [1.29, 1.82) is 0 Å². The van der Waals surface area contributed by atoms with E-state index in [0.717, 1.165) is 0 Å². The van der Waals surface area contributed by atoms with Crippen LogP contribution in [0.1, 0.15) is 41.5 Å². The Balaban J connectivity index is 2.50. The summed E-state index contributed by atoms with van der Waals surface area (Å²) in [6, 6.07) is -0.0831. The van der Waals surface area contributed by atoms with Crippen LogP contribution in [0.25, 0.3) is 0 Å². The van der Waals surface area contributed by atoms with Crippen molar-refractivity contribution in [3.8, 4) is 0 Å². The summed E-state index contributed by atoms with van der Waals surface area (Å²) in [6.45, 7) is 13.3. The predicted molar refractivity (Wildman–Crippen MR) is 80.2 cm³/mol. The van der Waals surface area contributed by atoms with Gasteiger partial charge in [-0.05, 0) is 33.6 Å². The van der Waals surface area contributed by atoms with E-state index in [1.807, 2.05) is 41.5 Å². The third-order valence-corrected chi connectivity index (χ3v) is 3.05. The summed E-state index contributed by atoms with van der Waals surface area (Å²) >= 11 is 0. The van der Waals surface area contributed by atoms with E-state index in [0.29, 0.717) is 32.2 Å². The van der Waals surface area contributed by atoms with Gasteiger partial charge in [0.1, 0.15) is 5.60 Å². The molecule has 1 atom stereocenters. The number of hydrogen-bond donors (Lipinski definition) is 0. The standard InChI is InChI=1S/C15H28N2O4/c1-11(2)10-20-13(18)16-7-8-17(12(3)9-16)14(19)21-15(4,5)6/h11-12H,7-10H2,1-6H3. The Kier molecular flexibility index (Phi) is 5.87. The Hall–Kier alpha value is -1.46. The largest absolute Gasteiger partial charge is 0.449 e.